The van der Waals surface area contributed by atoms with E-state index in [0.29, 0.717) is 6.73 Å². The van der Waals surface area contributed by atoms with E-state index in [2.05, 4.69) is 89.1 Å². The normalized spacial score (nSPS) is 14.5. The Labute approximate surface area is 179 Å². The zero-order valence-electron chi connectivity index (χ0n) is 17.4. The van der Waals surface area contributed by atoms with Crippen LogP contribution in [-0.2, 0) is 17.7 Å². The predicted molar refractivity (Wildman–Crippen MR) is 122 cm³/mol. The van der Waals surface area contributed by atoms with Crippen LogP contribution in [0, 0.1) is 0 Å². The minimum atomic E-state index is 0.621. The van der Waals surface area contributed by atoms with Crippen LogP contribution in [0.5, 0.6) is 5.75 Å². The number of nitrogens with one attached hydrogen (secondary N) is 1. The van der Waals surface area contributed by atoms with Crippen LogP contribution < -0.4 is 10.1 Å². The molecule has 0 atom stereocenters. The lowest BCUT2D eigenvalue weighted by Crippen LogP contribution is -2.38. The molecule has 0 unspecified atom stereocenters. The van der Waals surface area contributed by atoms with E-state index >= 15 is 0 Å². The zero-order valence-corrected chi connectivity index (χ0v) is 17.4. The molecule has 3 aromatic rings. The molecule has 4 rings (SSSR count). The van der Waals surface area contributed by atoms with E-state index in [4.69, 9.17) is 9.47 Å². The average Bonchev–Trinajstić information content (AvgIpc) is 2.83. The van der Waals surface area contributed by atoms with E-state index in [0.717, 1.165) is 51.6 Å². The minimum Gasteiger partial charge on any atom is -0.478 e. The number of morpholine rings is 1. The molecule has 0 spiro atoms. The highest BCUT2D eigenvalue weighted by Crippen LogP contribution is 2.23. The highest BCUT2D eigenvalue weighted by atomic mass is 16.5. The number of hydrogen-bond acceptors (Lipinski definition) is 4. The largest absolute Gasteiger partial charge is 0.478 e. The third-order valence-electron chi connectivity index (χ3n) is 5.42. The Balaban J connectivity index is 1.23. The molecule has 0 saturated carbocycles. The Morgan fingerprint density at radius 1 is 0.767 bits per heavy atom. The summed E-state index contributed by atoms with van der Waals surface area (Å²) in [7, 11) is 0. The summed E-state index contributed by atoms with van der Waals surface area (Å²) in [5.74, 6) is 0.909. The van der Waals surface area contributed by atoms with E-state index < -0.39 is 0 Å². The third kappa shape index (κ3) is 6.17. The molecule has 1 aliphatic heterocycles. The monoisotopic (exact) mass is 402 g/mol. The van der Waals surface area contributed by atoms with Crippen LogP contribution in [0.2, 0.25) is 0 Å². The van der Waals surface area contributed by atoms with E-state index in [1.807, 2.05) is 0 Å². The number of rotatable bonds is 9. The number of nitrogens with zero attached hydrogens (tertiary/aromatic N) is 1. The standard InChI is InChI=1S/C26H30N2O2/c1-2-4-23(5-3-1)20-27-15-14-22-6-8-24(9-7-22)25-10-12-26(13-11-25)30-21-28-16-18-29-19-17-28/h1-13,27H,14-21H2. The molecular formula is C26H30N2O2. The number of ether oxygens (including phenoxy) is 2. The van der Waals surface area contributed by atoms with Crippen LogP contribution in [0.25, 0.3) is 11.1 Å². The van der Waals surface area contributed by atoms with Crippen LogP contribution >= 0.6 is 0 Å². The van der Waals surface area contributed by atoms with Crippen LogP contribution in [0.3, 0.4) is 0 Å². The van der Waals surface area contributed by atoms with Crippen molar-refractivity contribution in [1.29, 1.82) is 0 Å². The Kier molecular flexibility index (Phi) is 7.51. The molecule has 1 heterocycles. The molecule has 1 fully saturated rings. The summed E-state index contributed by atoms with van der Waals surface area (Å²) < 4.78 is 11.3. The van der Waals surface area contributed by atoms with Gasteiger partial charge in [0.1, 0.15) is 12.5 Å². The highest BCUT2D eigenvalue weighted by molar-refractivity contribution is 5.64. The van der Waals surface area contributed by atoms with Gasteiger partial charge in [0.25, 0.3) is 0 Å². The highest BCUT2D eigenvalue weighted by Gasteiger charge is 2.10. The van der Waals surface area contributed by atoms with Gasteiger partial charge in [-0.2, -0.15) is 0 Å². The van der Waals surface area contributed by atoms with Gasteiger partial charge in [0.15, 0.2) is 0 Å². The van der Waals surface area contributed by atoms with Crippen LogP contribution in [0.1, 0.15) is 11.1 Å². The van der Waals surface area contributed by atoms with Crippen molar-refractivity contribution in [3.05, 3.63) is 90.0 Å². The van der Waals surface area contributed by atoms with Crippen LogP contribution in [-0.4, -0.2) is 44.5 Å². The fourth-order valence-corrected chi connectivity index (χ4v) is 3.56. The number of hydrogen-bond donors (Lipinski definition) is 1. The zero-order chi connectivity index (χ0) is 20.4. The molecule has 0 aliphatic carbocycles. The van der Waals surface area contributed by atoms with Crippen LogP contribution in [0.4, 0.5) is 0 Å². The second-order valence-electron chi connectivity index (χ2n) is 7.64. The maximum atomic E-state index is 5.91. The van der Waals surface area contributed by atoms with Gasteiger partial charge in [-0.15, -0.1) is 0 Å². The lowest BCUT2D eigenvalue weighted by Gasteiger charge is -2.26. The molecule has 0 amide bonds. The Morgan fingerprint density at radius 3 is 2.13 bits per heavy atom. The molecule has 1 saturated heterocycles. The van der Waals surface area contributed by atoms with Crippen molar-refractivity contribution in [2.75, 3.05) is 39.6 Å². The van der Waals surface area contributed by atoms with Crippen molar-refractivity contribution in [3.8, 4) is 16.9 Å². The molecular weight excluding hydrogens is 372 g/mol. The second kappa shape index (κ2) is 10.9. The fourth-order valence-electron chi connectivity index (χ4n) is 3.56. The molecule has 30 heavy (non-hydrogen) atoms. The molecule has 4 heteroatoms. The first-order valence-corrected chi connectivity index (χ1v) is 10.7. The Morgan fingerprint density at radius 2 is 1.43 bits per heavy atom. The molecule has 1 aliphatic rings. The van der Waals surface area contributed by atoms with E-state index in [9.17, 15) is 0 Å². The molecule has 1 N–H and O–H groups in total. The van der Waals surface area contributed by atoms with Gasteiger partial charge in [0.2, 0.25) is 0 Å². The second-order valence-corrected chi connectivity index (χ2v) is 7.64. The minimum absolute atomic E-state index is 0.621. The molecule has 0 radical (unpaired) electrons. The summed E-state index contributed by atoms with van der Waals surface area (Å²) in [5.41, 5.74) is 5.12. The van der Waals surface area contributed by atoms with Gasteiger partial charge in [0.05, 0.1) is 13.2 Å². The Hall–Kier alpha value is -2.66. The molecule has 0 bridgehead atoms. The summed E-state index contributed by atoms with van der Waals surface area (Å²) in [6.07, 6.45) is 1.03. The maximum absolute atomic E-state index is 5.91. The van der Waals surface area contributed by atoms with E-state index in [1.54, 1.807) is 0 Å². The van der Waals surface area contributed by atoms with Crippen molar-refractivity contribution in [3.63, 3.8) is 0 Å². The maximum Gasteiger partial charge on any atom is 0.142 e. The van der Waals surface area contributed by atoms with Crippen molar-refractivity contribution in [1.82, 2.24) is 10.2 Å². The fraction of sp³-hybridized carbons (Fsp3) is 0.308. The third-order valence-corrected chi connectivity index (χ3v) is 5.42. The first-order valence-electron chi connectivity index (χ1n) is 10.7. The van der Waals surface area contributed by atoms with Crippen molar-refractivity contribution in [2.45, 2.75) is 13.0 Å². The van der Waals surface area contributed by atoms with Crippen molar-refractivity contribution >= 4 is 0 Å². The smallest absolute Gasteiger partial charge is 0.142 e. The molecule has 156 valence electrons. The van der Waals surface area contributed by atoms with Crippen LogP contribution in [0.15, 0.2) is 78.9 Å². The quantitative estimate of drug-likeness (QED) is 0.540. The van der Waals surface area contributed by atoms with Gasteiger partial charge in [0, 0.05) is 19.6 Å². The molecule has 0 aromatic heterocycles. The van der Waals surface area contributed by atoms with Gasteiger partial charge >= 0.3 is 0 Å². The van der Waals surface area contributed by atoms with Crippen molar-refractivity contribution < 1.29 is 9.47 Å². The summed E-state index contributed by atoms with van der Waals surface area (Å²) in [6.45, 7) is 5.97. The average molecular weight is 403 g/mol. The van der Waals surface area contributed by atoms with Gasteiger partial charge in [-0.05, 0) is 47.4 Å². The molecule has 4 nitrogen and oxygen atoms in total. The van der Waals surface area contributed by atoms with Gasteiger partial charge in [-0.1, -0.05) is 66.7 Å². The lowest BCUT2D eigenvalue weighted by atomic mass is 10.0. The summed E-state index contributed by atoms with van der Waals surface area (Å²) in [5, 5.41) is 3.51. The van der Waals surface area contributed by atoms with E-state index in [1.165, 1.54) is 22.3 Å². The van der Waals surface area contributed by atoms with Gasteiger partial charge < -0.3 is 14.8 Å². The summed E-state index contributed by atoms with van der Waals surface area (Å²) in [6, 6.07) is 27.7. The summed E-state index contributed by atoms with van der Waals surface area (Å²) in [4.78, 5) is 2.27. The van der Waals surface area contributed by atoms with E-state index in [-0.39, 0.29) is 0 Å². The van der Waals surface area contributed by atoms with Gasteiger partial charge in [-0.3, -0.25) is 4.90 Å². The predicted octanol–water partition coefficient (Wildman–Crippen LogP) is 4.35. The number of benzene rings is 3. The first kappa shape index (κ1) is 20.6. The topological polar surface area (TPSA) is 33.7 Å². The first-order chi connectivity index (χ1) is 14.9. The summed E-state index contributed by atoms with van der Waals surface area (Å²) >= 11 is 0. The van der Waals surface area contributed by atoms with Crippen molar-refractivity contribution in [2.24, 2.45) is 0 Å². The van der Waals surface area contributed by atoms with Gasteiger partial charge in [-0.25, -0.2) is 0 Å². The molecule has 3 aromatic carbocycles. The SMILES string of the molecule is c1ccc(CNCCc2ccc(-c3ccc(OCN4CCOCC4)cc3)cc2)cc1. The lowest BCUT2D eigenvalue weighted by molar-refractivity contribution is 0.00408. The Bertz CT molecular complexity index is 873.